The SMILES string of the molecule is CC1CN(S(=O)(=O)N2CCN(C(=O)c3cccnc3N3CCCC3)CC2)CC(C)O1. The standard InChI is InChI=1S/C20H31N5O4S/c1-16-14-25(15-17(2)29-16)30(27,28)24-12-10-23(11-13-24)20(26)18-6-5-7-21-19(18)22-8-3-4-9-22/h5-7,16-17H,3-4,8-15H2,1-2H3. The number of amides is 1. The first-order valence-electron chi connectivity index (χ1n) is 10.8. The van der Waals surface area contributed by atoms with E-state index in [4.69, 9.17) is 4.74 Å². The van der Waals surface area contributed by atoms with Crippen LogP contribution in [0.15, 0.2) is 18.3 Å². The van der Waals surface area contributed by atoms with E-state index in [-0.39, 0.29) is 18.1 Å². The van der Waals surface area contributed by atoms with E-state index in [0.717, 1.165) is 31.7 Å². The number of hydrogen-bond donors (Lipinski definition) is 0. The van der Waals surface area contributed by atoms with Crippen LogP contribution in [0.1, 0.15) is 37.0 Å². The highest BCUT2D eigenvalue weighted by molar-refractivity contribution is 7.86. The minimum atomic E-state index is -3.56. The second-order valence-electron chi connectivity index (χ2n) is 8.34. The van der Waals surface area contributed by atoms with Crippen molar-refractivity contribution in [2.24, 2.45) is 0 Å². The van der Waals surface area contributed by atoms with Gasteiger partial charge in [0.15, 0.2) is 0 Å². The summed E-state index contributed by atoms with van der Waals surface area (Å²) < 4.78 is 34.8. The maximum absolute atomic E-state index is 13.2. The molecule has 1 amide bonds. The maximum Gasteiger partial charge on any atom is 0.282 e. The van der Waals surface area contributed by atoms with Crippen molar-refractivity contribution in [2.45, 2.75) is 38.9 Å². The average molecular weight is 438 g/mol. The second-order valence-corrected chi connectivity index (χ2v) is 10.3. The molecule has 9 nitrogen and oxygen atoms in total. The van der Waals surface area contributed by atoms with Crippen molar-refractivity contribution in [2.75, 3.05) is 57.3 Å². The molecule has 3 aliphatic heterocycles. The molecule has 0 saturated carbocycles. The lowest BCUT2D eigenvalue weighted by Crippen LogP contribution is -2.57. The van der Waals surface area contributed by atoms with Crippen molar-refractivity contribution < 1.29 is 17.9 Å². The van der Waals surface area contributed by atoms with Crippen LogP contribution < -0.4 is 4.90 Å². The Morgan fingerprint density at radius 2 is 1.63 bits per heavy atom. The topological polar surface area (TPSA) is 86.3 Å². The lowest BCUT2D eigenvalue weighted by atomic mass is 10.2. The van der Waals surface area contributed by atoms with Crippen molar-refractivity contribution in [1.82, 2.24) is 18.5 Å². The summed E-state index contributed by atoms with van der Waals surface area (Å²) in [5.41, 5.74) is 0.603. The van der Waals surface area contributed by atoms with Gasteiger partial charge in [0, 0.05) is 58.6 Å². The molecule has 1 aromatic heterocycles. The Labute approximate surface area is 178 Å². The van der Waals surface area contributed by atoms with Gasteiger partial charge < -0.3 is 14.5 Å². The third-order valence-electron chi connectivity index (χ3n) is 5.99. The van der Waals surface area contributed by atoms with Crippen LogP contribution in [0.3, 0.4) is 0 Å². The van der Waals surface area contributed by atoms with E-state index in [2.05, 4.69) is 9.88 Å². The van der Waals surface area contributed by atoms with Gasteiger partial charge in [-0.3, -0.25) is 4.79 Å². The molecule has 0 spiro atoms. The van der Waals surface area contributed by atoms with E-state index >= 15 is 0 Å². The van der Waals surface area contributed by atoms with Gasteiger partial charge in [0.2, 0.25) is 0 Å². The summed E-state index contributed by atoms with van der Waals surface area (Å²) in [7, 11) is -3.56. The Morgan fingerprint density at radius 3 is 2.27 bits per heavy atom. The van der Waals surface area contributed by atoms with Gasteiger partial charge in [-0.05, 0) is 38.8 Å². The van der Waals surface area contributed by atoms with Crippen LogP contribution in [0.4, 0.5) is 5.82 Å². The Morgan fingerprint density at radius 1 is 1.00 bits per heavy atom. The highest BCUT2D eigenvalue weighted by Gasteiger charge is 2.37. The van der Waals surface area contributed by atoms with Gasteiger partial charge in [-0.2, -0.15) is 17.0 Å². The first-order valence-corrected chi connectivity index (χ1v) is 12.2. The van der Waals surface area contributed by atoms with E-state index in [9.17, 15) is 13.2 Å². The molecule has 3 fully saturated rings. The molecule has 0 bridgehead atoms. The molecule has 0 radical (unpaired) electrons. The zero-order chi connectivity index (χ0) is 21.3. The number of carbonyl (C=O) groups excluding carboxylic acids is 1. The third-order valence-corrected chi connectivity index (χ3v) is 7.96. The molecule has 0 N–H and O–H groups in total. The normalized spacial score (nSPS) is 26.9. The number of anilines is 1. The zero-order valence-electron chi connectivity index (χ0n) is 17.7. The van der Waals surface area contributed by atoms with Gasteiger partial charge in [0.1, 0.15) is 5.82 Å². The molecule has 2 atom stereocenters. The molecule has 3 aliphatic rings. The fourth-order valence-corrected chi connectivity index (χ4v) is 6.27. The minimum Gasteiger partial charge on any atom is -0.373 e. The lowest BCUT2D eigenvalue weighted by molar-refractivity contribution is -0.0457. The summed E-state index contributed by atoms with van der Waals surface area (Å²) >= 11 is 0. The molecule has 10 heteroatoms. The van der Waals surface area contributed by atoms with E-state index in [0.29, 0.717) is 44.8 Å². The summed E-state index contributed by atoms with van der Waals surface area (Å²) in [6.45, 7) is 7.69. The molecule has 4 heterocycles. The number of morpholine rings is 1. The number of pyridine rings is 1. The van der Waals surface area contributed by atoms with E-state index in [1.165, 1.54) is 8.61 Å². The van der Waals surface area contributed by atoms with Crippen LogP contribution in [0, 0.1) is 0 Å². The highest BCUT2D eigenvalue weighted by atomic mass is 32.2. The van der Waals surface area contributed by atoms with Crippen LogP contribution in [-0.2, 0) is 14.9 Å². The molecule has 166 valence electrons. The Kier molecular flexibility index (Phi) is 6.29. The van der Waals surface area contributed by atoms with Gasteiger partial charge in [-0.15, -0.1) is 0 Å². The number of nitrogens with zero attached hydrogens (tertiary/aromatic N) is 5. The predicted molar refractivity (Wildman–Crippen MR) is 114 cm³/mol. The third kappa shape index (κ3) is 4.32. The zero-order valence-corrected chi connectivity index (χ0v) is 18.6. The summed E-state index contributed by atoms with van der Waals surface area (Å²) in [4.78, 5) is 21.6. The Hall–Kier alpha value is -1.75. The molecule has 30 heavy (non-hydrogen) atoms. The largest absolute Gasteiger partial charge is 0.373 e. The van der Waals surface area contributed by atoms with Gasteiger partial charge in [-0.25, -0.2) is 4.98 Å². The summed E-state index contributed by atoms with van der Waals surface area (Å²) in [5, 5.41) is 0. The smallest absolute Gasteiger partial charge is 0.282 e. The Balaban J connectivity index is 1.42. The quantitative estimate of drug-likeness (QED) is 0.692. The van der Waals surface area contributed by atoms with Gasteiger partial charge in [-0.1, -0.05) is 0 Å². The number of ether oxygens (including phenoxy) is 1. The maximum atomic E-state index is 13.2. The number of carbonyl (C=O) groups is 1. The van der Waals surface area contributed by atoms with Crippen molar-refractivity contribution in [1.29, 1.82) is 0 Å². The van der Waals surface area contributed by atoms with Crippen LogP contribution in [0.25, 0.3) is 0 Å². The van der Waals surface area contributed by atoms with Crippen LogP contribution in [-0.4, -0.2) is 97.4 Å². The van der Waals surface area contributed by atoms with E-state index < -0.39 is 10.2 Å². The molecule has 0 aromatic carbocycles. The summed E-state index contributed by atoms with van der Waals surface area (Å²) in [6, 6.07) is 3.61. The van der Waals surface area contributed by atoms with E-state index in [1.54, 1.807) is 17.2 Å². The summed E-state index contributed by atoms with van der Waals surface area (Å²) in [6.07, 6.45) is 3.69. The number of piperazine rings is 1. The van der Waals surface area contributed by atoms with Crippen LogP contribution >= 0.6 is 0 Å². The minimum absolute atomic E-state index is 0.0735. The van der Waals surface area contributed by atoms with Crippen molar-refractivity contribution in [3.8, 4) is 0 Å². The first kappa shape index (κ1) is 21.5. The van der Waals surface area contributed by atoms with Crippen molar-refractivity contribution >= 4 is 21.9 Å². The molecule has 4 rings (SSSR count). The van der Waals surface area contributed by atoms with Gasteiger partial charge >= 0.3 is 0 Å². The Bertz CT molecular complexity index is 856. The predicted octanol–water partition coefficient (Wildman–Crippen LogP) is 0.794. The molecule has 1 aromatic rings. The lowest BCUT2D eigenvalue weighted by Gasteiger charge is -2.40. The van der Waals surface area contributed by atoms with Crippen molar-refractivity contribution in [3.05, 3.63) is 23.9 Å². The molecular weight excluding hydrogens is 406 g/mol. The number of aromatic nitrogens is 1. The fourth-order valence-electron chi connectivity index (χ4n) is 4.52. The molecular formula is C20H31N5O4S. The summed E-state index contributed by atoms with van der Waals surface area (Å²) in [5.74, 6) is 0.669. The van der Waals surface area contributed by atoms with Crippen LogP contribution in [0.5, 0.6) is 0 Å². The number of rotatable bonds is 4. The highest BCUT2D eigenvalue weighted by Crippen LogP contribution is 2.24. The molecule has 3 saturated heterocycles. The number of hydrogen-bond acceptors (Lipinski definition) is 6. The van der Waals surface area contributed by atoms with Crippen LogP contribution in [0.2, 0.25) is 0 Å². The fraction of sp³-hybridized carbons (Fsp3) is 0.700. The molecule has 2 unspecified atom stereocenters. The molecule has 0 aliphatic carbocycles. The monoisotopic (exact) mass is 437 g/mol. The second kappa shape index (κ2) is 8.78. The van der Waals surface area contributed by atoms with E-state index in [1.807, 2.05) is 19.9 Å². The average Bonchev–Trinajstić information content (AvgIpc) is 3.27. The first-order chi connectivity index (χ1) is 14.4. The van der Waals surface area contributed by atoms with Crippen molar-refractivity contribution in [3.63, 3.8) is 0 Å². The van der Waals surface area contributed by atoms with Gasteiger partial charge in [0.25, 0.3) is 16.1 Å². The van der Waals surface area contributed by atoms with Gasteiger partial charge in [0.05, 0.1) is 17.8 Å².